The second-order valence-corrected chi connectivity index (χ2v) is 8.73. The summed E-state index contributed by atoms with van der Waals surface area (Å²) >= 11 is 5.80. The Morgan fingerprint density at radius 2 is 2.15 bits per heavy atom. The van der Waals surface area contributed by atoms with Crippen molar-refractivity contribution >= 4 is 46.2 Å². The first-order valence-electron chi connectivity index (χ1n) is 10.9. The molecule has 3 N–H and O–H groups in total. The number of urea groups is 1. The minimum atomic E-state index is -0.623. The van der Waals surface area contributed by atoms with Crippen LogP contribution in [0.2, 0.25) is 5.02 Å². The van der Waals surface area contributed by atoms with E-state index in [0.717, 1.165) is 10.9 Å². The number of fused-ring (bicyclic) bond motifs is 3. The molecule has 0 saturated carbocycles. The first-order valence-corrected chi connectivity index (χ1v) is 11.3. The second kappa shape index (κ2) is 8.94. The average Bonchev–Trinajstić information content (AvgIpc) is 3.47. The molecule has 9 nitrogen and oxygen atoms in total. The molecular formula is C23H22ClFN6O3. The average molecular weight is 485 g/mol. The van der Waals surface area contributed by atoms with E-state index in [2.05, 4.69) is 20.9 Å². The van der Waals surface area contributed by atoms with Crippen LogP contribution in [-0.2, 0) is 29.2 Å². The quantitative estimate of drug-likeness (QED) is 0.517. The predicted octanol–water partition coefficient (Wildman–Crippen LogP) is 2.77. The Labute approximate surface area is 199 Å². The molecule has 1 saturated heterocycles. The van der Waals surface area contributed by atoms with E-state index in [9.17, 15) is 18.8 Å². The smallest absolute Gasteiger partial charge is 0.319 e. The molecule has 1 fully saturated rings. The first-order chi connectivity index (χ1) is 16.4. The number of nitrogens with zero attached hydrogens (tertiary/aromatic N) is 3. The molecule has 2 aromatic heterocycles. The maximum absolute atomic E-state index is 14.1. The summed E-state index contributed by atoms with van der Waals surface area (Å²) in [6.07, 6.45) is 4.66. The van der Waals surface area contributed by atoms with E-state index in [1.54, 1.807) is 34.0 Å². The number of aromatic nitrogens is 2. The van der Waals surface area contributed by atoms with Crippen LogP contribution in [0.4, 0.5) is 14.9 Å². The summed E-state index contributed by atoms with van der Waals surface area (Å²) in [6.45, 7) is 0.847. The van der Waals surface area contributed by atoms with Gasteiger partial charge in [-0.05, 0) is 25.0 Å². The molecule has 0 bridgehead atoms. The molecule has 0 aliphatic carbocycles. The highest BCUT2D eigenvalue weighted by Gasteiger charge is 2.34. The lowest BCUT2D eigenvalue weighted by Crippen LogP contribution is -2.46. The number of carbonyl (C=O) groups is 3. The van der Waals surface area contributed by atoms with E-state index in [1.807, 2.05) is 6.07 Å². The number of likely N-dealkylation sites (tertiary alicyclic amines) is 1. The van der Waals surface area contributed by atoms with Gasteiger partial charge in [-0.15, -0.1) is 0 Å². The molecular weight excluding hydrogens is 463 g/mol. The molecule has 4 heterocycles. The SMILES string of the molecule is O=C1NCc2cnc3c(ccn3CC(=O)N3CCC[C@H]3C(=O)NCc3cccc(Cl)c3F)c2N1. The van der Waals surface area contributed by atoms with E-state index in [-0.39, 0.29) is 41.5 Å². The van der Waals surface area contributed by atoms with E-state index in [4.69, 9.17) is 11.6 Å². The molecule has 11 heteroatoms. The summed E-state index contributed by atoms with van der Waals surface area (Å²) in [6, 6.07) is 5.52. The van der Waals surface area contributed by atoms with Gasteiger partial charge in [0.05, 0.1) is 10.7 Å². The number of nitrogens with one attached hydrogen (secondary N) is 3. The fraction of sp³-hybridized carbons (Fsp3) is 0.304. The van der Waals surface area contributed by atoms with Gasteiger partial charge in [-0.1, -0.05) is 23.7 Å². The van der Waals surface area contributed by atoms with Gasteiger partial charge in [0.25, 0.3) is 0 Å². The van der Waals surface area contributed by atoms with Crippen molar-refractivity contribution in [2.45, 2.75) is 38.5 Å². The molecule has 5 rings (SSSR count). The zero-order valence-electron chi connectivity index (χ0n) is 18.1. The summed E-state index contributed by atoms with van der Waals surface area (Å²) in [4.78, 5) is 43.7. The van der Waals surface area contributed by atoms with E-state index < -0.39 is 11.9 Å². The van der Waals surface area contributed by atoms with Crippen LogP contribution in [0.1, 0.15) is 24.0 Å². The molecule has 0 spiro atoms. The molecule has 1 atom stereocenters. The predicted molar refractivity (Wildman–Crippen MR) is 124 cm³/mol. The Morgan fingerprint density at radius 3 is 3.00 bits per heavy atom. The van der Waals surface area contributed by atoms with Crippen molar-refractivity contribution in [3.63, 3.8) is 0 Å². The van der Waals surface area contributed by atoms with Gasteiger partial charge in [-0.25, -0.2) is 14.2 Å². The Hall–Kier alpha value is -3.66. The summed E-state index contributed by atoms with van der Waals surface area (Å²) in [7, 11) is 0. The minimum Gasteiger partial charge on any atom is -0.350 e. The van der Waals surface area contributed by atoms with Crippen molar-refractivity contribution in [1.82, 2.24) is 25.1 Å². The Balaban J connectivity index is 1.28. The number of pyridine rings is 1. The monoisotopic (exact) mass is 484 g/mol. The molecule has 0 radical (unpaired) electrons. The molecule has 3 aromatic rings. The summed E-state index contributed by atoms with van der Waals surface area (Å²) in [5.74, 6) is -1.11. The molecule has 0 unspecified atom stereocenters. The van der Waals surface area contributed by atoms with Gasteiger partial charge >= 0.3 is 6.03 Å². The third-order valence-electron chi connectivity index (χ3n) is 6.21. The number of amides is 4. The number of hydrogen-bond donors (Lipinski definition) is 3. The Kier molecular flexibility index (Phi) is 5.82. The van der Waals surface area contributed by atoms with Gasteiger partial charge in [0.15, 0.2) is 0 Å². The van der Waals surface area contributed by atoms with E-state index in [1.165, 1.54) is 6.07 Å². The van der Waals surface area contributed by atoms with Gasteiger partial charge in [0.2, 0.25) is 11.8 Å². The van der Waals surface area contributed by atoms with Crippen LogP contribution in [0.3, 0.4) is 0 Å². The van der Waals surface area contributed by atoms with Crippen molar-refractivity contribution in [3.05, 3.63) is 58.6 Å². The largest absolute Gasteiger partial charge is 0.350 e. The van der Waals surface area contributed by atoms with Crippen LogP contribution in [0.25, 0.3) is 11.0 Å². The van der Waals surface area contributed by atoms with Crippen molar-refractivity contribution in [2.24, 2.45) is 0 Å². The lowest BCUT2D eigenvalue weighted by molar-refractivity contribution is -0.138. The lowest BCUT2D eigenvalue weighted by atomic mass is 10.1. The van der Waals surface area contributed by atoms with Crippen LogP contribution in [-0.4, -0.2) is 44.9 Å². The highest BCUT2D eigenvalue weighted by Crippen LogP contribution is 2.29. The summed E-state index contributed by atoms with van der Waals surface area (Å²) in [5, 5.41) is 8.96. The fourth-order valence-corrected chi connectivity index (χ4v) is 4.68. The number of hydrogen-bond acceptors (Lipinski definition) is 4. The lowest BCUT2D eigenvalue weighted by Gasteiger charge is -2.24. The normalized spacial score (nSPS) is 17.3. The number of halogens is 2. The van der Waals surface area contributed by atoms with E-state index in [0.29, 0.717) is 37.3 Å². The maximum atomic E-state index is 14.1. The van der Waals surface area contributed by atoms with Crippen LogP contribution < -0.4 is 16.0 Å². The fourth-order valence-electron chi connectivity index (χ4n) is 4.48. The van der Waals surface area contributed by atoms with Gasteiger partial charge in [-0.2, -0.15) is 0 Å². The third-order valence-corrected chi connectivity index (χ3v) is 6.50. The highest BCUT2D eigenvalue weighted by atomic mass is 35.5. The molecule has 2 aliphatic rings. The molecule has 4 amide bonds. The molecule has 1 aromatic carbocycles. The Bertz CT molecular complexity index is 1310. The van der Waals surface area contributed by atoms with Gasteiger partial charge in [0.1, 0.15) is 24.1 Å². The van der Waals surface area contributed by atoms with Crippen molar-refractivity contribution in [3.8, 4) is 0 Å². The number of rotatable bonds is 5. The van der Waals surface area contributed by atoms with Crippen molar-refractivity contribution in [1.29, 1.82) is 0 Å². The highest BCUT2D eigenvalue weighted by molar-refractivity contribution is 6.30. The number of benzene rings is 1. The number of anilines is 1. The van der Waals surface area contributed by atoms with Crippen LogP contribution in [0.15, 0.2) is 36.7 Å². The molecule has 34 heavy (non-hydrogen) atoms. The van der Waals surface area contributed by atoms with E-state index >= 15 is 0 Å². The van der Waals surface area contributed by atoms with Crippen LogP contribution in [0.5, 0.6) is 0 Å². The van der Waals surface area contributed by atoms with Crippen molar-refractivity contribution < 1.29 is 18.8 Å². The topological polar surface area (TPSA) is 108 Å². The zero-order valence-corrected chi connectivity index (χ0v) is 18.9. The standard InChI is InChI=1S/C23H22ClFN6O3/c24-16-4-1-3-13(19(16)25)9-27-22(33)17-5-2-7-31(17)18(32)12-30-8-6-15-20-14(10-26-21(15)30)11-28-23(34)29-20/h1,3-4,6,8,10,17H,2,5,7,9,11-12H2,(H,27,33)(H2,28,29,34)/t17-/m0/s1. The second-order valence-electron chi connectivity index (χ2n) is 8.32. The Morgan fingerprint density at radius 1 is 1.29 bits per heavy atom. The van der Waals surface area contributed by atoms with Gasteiger partial charge in [0, 0.05) is 48.5 Å². The van der Waals surface area contributed by atoms with Crippen LogP contribution in [0, 0.1) is 5.82 Å². The molecule has 2 aliphatic heterocycles. The summed E-state index contributed by atoms with van der Waals surface area (Å²) in [5.41, 5.74) is 2.41. The zero-order chi connectivity index (χ0) is 23.8. The van der Waals surface area contributed by atoms with Crippen molar-refractivity contribution in [2.75, 3.05) is 11.9 Å². The minimum absolute atomic E-state index is 0.00549. The van der Waals surface area contributed by atoms with Gasteiger partial charge in [-0.3, -0.25) is 9.59 Å². The third kappa shape index (κ3) is 4.05. The first kappa shape index (κ1) is 22.1. The maximum Gasteiger partial charge on any atom is 0.319 e. The number of carbonyl (C=O) groups excluding carboxylic acids is 3. The van der Waals surface area contributed by atoms with Gasteiger partial charge < -0.3 is 25.4 Å². The van der Waals surface area contributed by atoms with Crippen LogP contribution >= 0.6 is 11.6 Å². The summed E-state index contributed by atoms with van der Waals surface area (Å²) < 4.78 is 15.8. The molecule has 176 valence electrons.